The first kappa shape index (κ1) is 21.7. The van der Waals surface area contributed by atoms with Crippen LogP contribution < -0.4 is 0 Å². The molecule has 0 saturated heterocycles. The molecule has 5 nitrogen and oxygen atoms in total. The molecule has 156 valence electrons. The highest BCUT2D eigenvalue weighted by atomic mass is 32.2. The first-order valence-electron chi connectivity index (χ1n) is 9.77. The Kier molecular flexibility index (Phi) is 7.03. The van der Waals surface area contributed by atoms with Crippen molar-refractivity contribution in [2.24, 2.45) is 5.16 Å². The highest BCUT2D eigenvalue weighted by Gasteiger charge is 2.20. The predicted molar refractivity (Wildman–Crippen MR) is 119 cm³/mol. The maximum Gasteiger partial charge on any atom is 0.300 e. The standard InChI is InChI=1S/C24H25NO4S/c1-4-24(22-14-12-21(13-15-22)20-8-6-5-7-9-20)25-28-19(3)29-30(26,27)23-16-10-18(2)11-17-23/h5-17,19H,4H2,1-3H3/b25-24-. The summed E-state index contributed by atoms with van der Waals surface area (Å²) in [6.45, 7) is 5.35. The van der Waals surface area contributed by atoms with Crippen LogP contribution in [0.25, 0.3) is 11.1 Å². The minimum absolute atomic E-state index is 0.0831. The number of aryl methyl sites for hydroxylation is 1. The minimum atomic E-state index is -3.93. The molecule has 0 fully saturated rings. The van der Waals surface area contributed by atoms with Crippen molar-refractivity contribution >= 4 is 15.8 Å². The molecule has 3 aromatic rings. The van der Waals surface area contributed by atoms with E-state index >= 15 is 0 Å². The Labute approximate surface area is 178 Å². The Hall–Kier alpha value is -2.96. The molecule has 0 aliphatic heterocycles. The molecule has 0 aliphatic carbocycles. The van der Waals surface area contributed by atoms with Crippen molar-refractivity contribution in [1.29, 1.82) is 0 Å². The Bertz CT molecular complexity index is 1090. The van der Waals surface area contributed by atoms with E-state index in [1.165, 1.54) is 19.1 Å². The molecule has 0 radical (unpaired) electrons. The minimum Gasteiger partial charge on any atom is -0.362 e. The molecule has 1 atom stereocenters. The van der Waals surface area contributed by atoms with Gasteiger partial charge in [-0.1, -0.05) is 84.4 Å². The number of oxime groups is 1. The number of hydrogen-bond acceptors (Lipinski definition) is 5. The van der Waals surface area contributed by atoms with E-state index in [0.29, 0.717) is 12.1 Å². The fraction of sp³-hybridized carbons (Fsp3) is 0.208. The zero-order valence-electron chi connectivity index (χ0n) is 17.3. The topological polar surface area (TPSA) is 65.0 Å². The maximum atomic E-state index is 12.4. The van der Waals surface area contributed by atoms with E-state index in [-0.39, 0.29) is 4.90 Å². The summed E-state index contributed by atoms with van der Waals surface area (Å²) in [7, 11) is -3.93. The van der Waals surface area contributed by atoms with E-state index in [4.69, 9.17) is 9.02 Å². The lowest BCUT2D eigenvalue weighted by Gasteiger charge is -2.13. The van der Waals surface area contributed by atoms with E-state index in [2.05, 4.69) is 17.3 Å². The fourth-order valence-electron chi connectivity index (χ4n) is 2.90. The molecular formula is C24H25NO4S. The van der Waals surface area contributed by atoms with Crippen molar-refractivity contribution in [2.75, 3.05) is 0 Å². The lowest BCUT2D eigenvalue weighted by Crippen LogP contribution is -2.17. The molecule has 0 N–H and O–H groups in total. The van der Waals surface area contributed by atoms with Gasteiger partial charge in [-0.15, -0.1) is 0 Å². The van der Waals surface area contributed by atoms with Crippen LogP contribution in [0.3, 0.4) is 0 Å². The molecule has 3 aromatic carbocycles. The normalized spacial score (nSPS) is 13.1. The monoisotopic (exact) mass is 423 g/mol. The first-order chi connectivity index (χ1) is 14.4. The highest BCUT2D eigenvalue weighted by Crippen LogP contribution is 2.20. The van der Waals surface area contributed by atoms with Crippen molar-refractivity contribution in [2.45, 2.75) is 38.4 Å². The van der Waals surface area contributed by atoms with Crippen LogP contribution in [-0.4, -0.2) is 20.4 Å². The molecule has 0 heterocycles. The summed E-state index contributed by atoms with van der Waals surface area (Å²) < 4.78 is 29.8. The number of nitrogens with zero attached hydrogens (tertiary/aromatic N) is 1. The van der Waals surface area contributed by atoms with E-state index in [9.17, 15) is 8.42 Å². The van der Waals surface area contributed by atoms with E-state index in [1.807, 2.05) is 56.3 Å². The third kappa shape index (κ3) is 5.55. The average Bonchev–Trinajstić information content (AvgIpc) is 2.75. The maximum absolute atomic E-state index is 12.4. The molecule has 0 saturated carbocycles. The van der Waals surface area contributed by atoms with Gasteiger partial charge in [-0.3, -0.25) is 0 Å². The molecule has 30 heavy (non-hydrogen) atoms. The van der Waals surface area contributed by atoms with Crippen molar-refractivity contribution in [1.82, 2.24) is 0 Å². The molecule has 0 amide bonds. The summed E-state index contributed by atoms with van der Waals surface area (Å²) in [6, 6.07) is 24.5. The third-order valence-corrected chi connectivity index (χ3v) is 5.92. The van der Waals surface area contributed by atoms with Crippen LogP contribution in [0.15, 0.2) is 88.9 Å². The second kappa shape index (κ2) is 9.69. The molecule has 0 aliphatic rings. The second-order valence-corrected chi connectivity index (χ2v) is 8.44. The summed E-state index contributed by atoms with van der Waals surface area (Å²) in [5, 5.41) is 4.13. The van der Waals surface area contributed by atoms with Gasteiger partial charge in [0.2, 0.25) is 6.29 Å². The molecule has 0 bridgehead atoms. The van der Waals surface area contributed by atoms with E-state index in [1.54, 1.807) is 12.1 Å². The third-order valence-electron chi connectivity index (χ3n) is 4.54. The van der Waals surface area contributed by atoms with E-state index < -0.39 is 16.4 Å². The molecule has 3 rings (SSSR count). The zero-order valence-corrected chi connectivity index (χ0v) is 18.1. The van der Waals surface area contributed by atoms with Crippen LogP contribution >= 0.6 is 0 Å². The van der Waals surface area contributed by atoms with Crippen molar-refractivity contribution in [3.05, 3.63) is 90.0 Å². The van der Waals surface area contributed by atoms with Crippen LogP contribution in [-0.2, 0) is 19.1 Å². The Morgan fingerprint density at radius 3 is 2.10 bits per heavy atom. The van der Waals surface area contributed by atoms with E-state index in [0.717, 1.165) is 22.3 Å². The summed E-state index contributed by atoms with van der Waals surface area (Å²) in [5.41, 5.74) is 4.83. The Balaban J connectivity index is 1.68. The van der Waals surface area contributed by atoms with Crippen LogP contribution in [0.5, 0.6) is 0 Å². The van der Waals surface area contributed by atoms with Crippen LogP contribution in [0.1, 0.15) is 31.4 Å². The fourth-order valence-corrected chi connectivity index (χ4v) is 3.87. The number of benzene rings is 3. The smallest absolute Gasteiger partial charge is 0.300 e. The highest BCUT2D eigenvalue weighted by molar-refractivity contribution is 7.86. The molecule has 0 spiro atoms. The van der Waals surface area contributed by atoms with Gasteiger partial charge in [-0.25, -0.2) is 4.18 Å². The lowest BCUT2D eigenvalue weighted by atomic mass is 10.0. The molecule has 0 aromatic heterocycles. The summed E-state index contributed by atoms with van der Waals surface area (Å²) >= 11 is 0. The Morgan fingerprint density at radius 2 is 1.50 bits per heavy atom. The van der Waals surface area contributed by atoms with Gasteiger partial charge in [-0.05, 0) is 42.2 Å². The van der Waals surface area contributed by atoms with Crippen LogP contribution in [0.2, 0.25) is 0 Å². The second-order valence-electron chi connectivity index (χ2n) is 6.87. The quantitative estimate of drug-likeness (QED) is 0.206. The average molecular weight is 424 g/mol. The number of rotatable bonds is 8. The van der Waals surface area contributed by atoms with Gasteiger partial charge in [0.25, 0.3) is 10.1 Å². The summed E-state index contributed by atoms with van der Waals surface area (Å²) in [4.78, 5) is 5.42. The number of hydrogen-bond donors (Lipinski definition) is 0. The summed E-state index contributed by atoms with van der Waals surface area (Å²) in [5.74, 6) is 0. The van der Waals surface area contributed by atoms with Gasteiger partial charge in [-0.2, -0.15) is 8.42 Å². The van der Waals surface area contributed by atoms with Crippen molar-refractivity contribution in [3.8, 4) is 11.1 Å². The molecule has 6 heteroatoms. The van der Waals surface area contributed by atoms with Crippen LogP contribution in [0, 0.1) is 6.92 Å². The Morgan fingerprint density at radius 1 is 0.900 bits per heavy atom. The zero-order chi connectivity index (χ0) is 21.6. The lowest BCUT2D eigenvalue weighted by molar-refractivity contribution is -0.0610. The van der Waals surface area contributed by atoms with Gasteiger partial charge in [0, 0.05) is 6.92 Å². The first-order valence-corrected chi connectivity index (χ1v) is 11.2. The van der Waals surface area contributed by atoms with Crippen LogP contribution in [0.4, 0.5) is 0 Å². The van der Waals surface area contributed by atoms with Gasteiger partial charge < -0.3 is 4.84 Å². The van der Waals surface area contributed by atoms with Gasteiger partial charge in [0.05, 0.1) is 10.6 Å². The van der Waals surface area contributed by atoms with Gasteiger partial charge in [0.1, 0.15) is 0 Å². The predicted octanol–water partition coefficient (Wildman–Crippen LogP) is 5.54. The SMILES string of the molecule is CC/C(=N/OC(C)OS(=O)(=O)c1ccc(C)cc1)c1ccc(-c2ccccc2)cc1. The molecule has 1 unspecified atom stereocenters. The van der Waals surface area contributed by atoms with Crippen molar-refractivity contribution in [3.63, 3.8) is 0 Å². The van der Waals surface area contributed by atoms with Gasteiger partial charge in [0.15, 0.2) is 0 Å². The van der Waals surface area contributed by atoms with Gasteiger partial charge >= 0.3 is 0 Å². The largest absolute Gasteiger partial charge is 0.362 e. The van der Waals surface area contributed by atoms with Crippen molar-refractivity contribution < 1.29 is 17.4 Å². The molecular weight excluding hydrogens is 398 g/mol. The summed E-state index contributed by atoms with van der Waals surface area (Å²) in [6.07, 6.45) is -0.427.